The van der Waals surface area contributed by atoms with Gasteiger partial charge in [0.25, 0.3) is 5.91 Å². The Morgan fingerprint density at radius 2 is 2.16 bits per heavy atom. The Bertz CT molecular complexity index is 514. The highest BCUT2D eigenvalue weighted by Gasteiger charge is 2.21. The number of hydrogen-bond acceptors (Lipinski definition) is 6. The van der Waals surface area contributed by atoms with Crippen LogP contribution in [0.3, 0.4) is 0 Å². The summed E-state index contributed by atoms with van der Waals surface area (Å²) in [5.41, 5.74) is -0.859. The Balaban J connectivity index is 2.80. The van der Waals surface area contributed by atoms with Gasteiger partial charge >= 0.3 is 11.7 Å². The van der Waals surface area contributed by atoms with E-state index in [1.54, 1.807) is 6.92 Å². The van der Waals surface area contributed by atoms with Crippen LogP contribution in [0.25, 0.3) is 0 Å². The molecular weight excluding hydrogens is 256 g/mol. The third-order valence-corrected chi connectivity index (χ3v) is 2.15. The van der Waals surface area contributed by atoms with Crippen LogP contribution >= 0.6 is 0 Å². The fourth-order valence-corrected chi connectivity index (χ4v) is 1.32. The van der Waals surface area contributed by atoms with E-state index in [1.165, 1.54) is 12.1 Å². The summed E-state index contributed by atoms with van der Waals surface area (Å²) in [7, 11) is 0. The second-order valence-electron chi connectivity index (χ2n) is 3.42. The SMILES string of the molecule is CCOC(=O)CNC(=O)c1cccc([N+](=O)[O-])c1O. The lowest BCUT2D eigenvalue weighted by Crippen LogP contribution is -2.30. The minimum atomic E-state index is -0.808. The first kappa shape index (κ1) is 14.4. The number of rotatable bonds is 5. The van der Waals surface area contributed by atoms with E-state index in [9.17, 15) is 24.8 Å². The molecule has 0 bridgehead atoms. The van der Waals surface area contributed by atoms with Crippen LogP contribution in [0.2, 0.25) is 0 Å². The van der Waals surface area contributed by atoms with E-state index in [1.807, 2.05) is 0 Å². The molecule has 0 saturated carbocycles. The lowest BCUT2D eigenvalue weighted by molar-refractivity contribution is -0.385. The van der Waals surface area contributed by atoms with Crippen molar-refractivity contribution >= 4 is 17.6 Å². The maximum atomic E-state index is 11.6. The van der Waals surface area contributed by atoms with Crippen molar-refractivity contribution in [3.63, 3.8) is 0 Å². The summed E-state index contributed by atoms with van der Waals surface area (Å²) in [6.07, 6.45) is 0. The molecule has 1 rings (SSSR count). The van der Waals surface area contributed by atoms with Gasteiger partial charge in [-0.15, -0.1) is 0 Å². The maximum Gasteiger partial charge on any atom is 0.325 e. The van der Waals surface area contributed by atoms with Gasteiger partial charge in [0.1, 0.15) is 6.54 Å². The van der Waals surface area contributed by atoms with Crippen molar-refractivity contribution in [1.82, 2.24) is 5.32 Å². The number of nitro groups is 1. The summed E-state index contributed by atoms with van der Waals surface area (Å²) < 4.78 is 4.60. The zero-order valence-electron chi connectivity index (χ0n) is 10.1. The van der Waals surface area contributed by atoms with Gasteiger partial charge in [-0.25, -0.2) is 0 Å². The smallest absolute Gasteiger partial charge is 0.325 e. The Labute approximate surface area is 108 Å². The van der Waals surface area contributed by atoms with E-state index in [0.717, 1.165) is 6.07 Å². The molecule has 8 nitrogen and oxygen atoms in total. The molecule has 2 N–H and O–H groups in total. The Morgan fingerprint density at radius 3 is 2.74 bits per heavy atom. The van der Waals surface area contributed by atoms with Gasteiger partial charge in [0.05, 0.1) is 17.1 Å². The molecule has 0 aliphatic carbocycles. The zero-order chi connectivity index (χ0) is 14.4. The number of carbonyl (C=O) groups excluding carboxylic acids is 2. The molecule has 0 radical (unpaired) electrons. The number of nitro benzene ring substituents is 1. The van der Waals surface area contributed by atoms with Crippen LogP contribution in [0.5, 0.6) is 5.75 Å². The topological polar surface area (TPSA) is 119 Å². The molecule has 8 heteroatoms. The number of esters is 1. The fraction of sp³-hybridized carbons (Fsp3) is 0.273. The van der Waals surface area contributed by atoms with E-state index in [0.29, 0.717) is 0 Å². The number of carbonyl (C=O) groups is 2. The number of phenolic OH excluding ortho intramolecular Hbond substituents is 1. The predicted octanol–water partition coefficient (Wildman–Crippen LogP) is 0.593. The number of aromatic hydroxyl groups is 1. The van der Waals surface area contributed by atoms with Crippen molar-refractivity contribution < 1.29 is 24.4 Å². The van der Waals surface area contributed by atoms with Gasteiger partial charge in [0, 0.05) is 6.07 Å². The highest BCUT2D eigenvalue weighted by Crippen LogP contribution is 2.28. The number of nitrogens with zero attached hydrogens (tertiary/aromatic N) is 1. The number of para-hydroxylation sites is 1. The van der Waals surface area contributed by atoms with Gasteiger partial charge in [-0.2, -0.15) is 0 Å². The Morgan fingerprint density at radius 1 is 1.47 bits per heavy atom. The van der Waals surface area contributed by atoms with Crippen LogP contribution < -0.4 is 5.32 Å². The minimum absolute atomic E-state index is 0.177. The lowest BCUT2D eigenvalue weighted by atomic mass is 10.1. The largest absolute Gasteiger partial charge is 0.502 e. The molecule has 0 heterocycles. The summed E-state index contributed by atoms with van der Waals surface area (Å²) in [6, 6.07) is 3.54. The van der Waals surface area contributed by atoms with Crippen LogP contribution in [0, 0.1) is 10.1 Å². The van der Waals surface area contributed by atoms with E-state index >= 15 is 0 Å². The van der Waals surface area contributed by atoms with Gasteiger partial charge in [-0.05, 0) is 13.0 Å². The van der Waals surface area contributed by atoms with Gasteiger partial charge in [-0.1, -0.05) is 6.07 Å². The normalized spacial score (nSPS) is 9.74. The number of phenols is 1. The molecule has 0 saturated heterocycles. The standard InChI is InChI=1S/C11H12N2O6/c1-2-19-9(14)6-12-11(16)7-4-3-5-8(10(7)15)13(17)18/h3-5,15H,2,6H2,1H3,(H,12,16). The first-order valence-electron chi connectivity index (χ1n) is 5.37. The monoisotopic (exact) mass is 268 g/mol. The molecule has 102 valence electrons. The van der Waals surface area contributed by atoms with Gasteiger partial charge < -0.3 is 15.2 Å². The van der Waals surface area contributed by atoms with E-state index < -0.39 is 28.2 Å². The molecular formula is C11H12N2O6. The Kier molecular flexibility index (Phi) is 4.81. The Hall–Kier alpha value is -2.64. The molecule has 19 heavy (non-hydrogen) atoms. The molecule has 0 spiro atoms. The molecule has 0 unspecified atom stereocenters. The molecule has 0 aromatic heterocycles. The van der Waals surface area contributed by atoms with E-state index in [-0.39, 0.29) is 18.7 Å². The second kappa shape index (κ2) is 6.34. The predicted molar refractivity (Wildman–Crippen MR) is 63.7 cm³/mol. The molecule has 0 aliphatic rings. The molecule has 0 fully saturated rings. The summed E-state index contributed by atoms with van der Waals surface area (Å²) in [5.74, 6) is -2.18. The first-order chi connectivity index (χ1) is 8.97. The van der Waals surface area contributed by atoms with Crippen molar-refractivity contribution in [3.8, 4) is 5.75 Å². The van der Waals surface area contributed by atoms with Crippen molar-refractivity contribution in [2.75, 3.05) is 13.2 Å². The maximum absolute atomic E-state index is 11.6. The number of benzene rings is 1. The minimum Gasteiger partial charge on any atom is -0.502 e. The van der Waals surface area contributed by atoms with E-state index in [4.69, 9.17) is 0 Å². The van der Waals surface area contributed by atoms with Crippen LogP contribution in [-0.2, 0) is 9.53 Å². The molecule has 1 amide bonds. The molecule has 0 atom stereocenters. The van der Waals surface area contributed by atoms with Crippen LogP contribution in [0.1, 0.15) is 17.3 Å². The first-order valence-corrected chi connectivity index (χ1v) is 5.37. The molecule has 1 aromatic rings. The van der Waals surface area contributed by atoms with Crippen LogP contribution in [0.15, 0.2) is 18.2 Å². The van der Waals surface area contributed by atoms with Crippen molar-refractivity contribution in [1.29, 1.82) is 0 Å². The average molecular weight is 268 g/mol. The number of nitrogens with one attached hydrogen (secondary N) is 1. The summed E-state index contributed by atoms with van der Waals surface area (Å²) in [5, 5.41) is 22.4. The molecule has 1 aromatic carbocycles. The van der Waals surface area contributed by atoms with Crippen molar-refractivity contribution in [2.45, 2.75) is 6.92 Å². The quantitative estimate of drug-likeness (QED) is 0.458. The highest BCUT2D eigenvalue weighted by molar-refractivity contribution is 5.99. The van der Waals surface area contributed by atoms with Crippen molar-refractivity contribution in [2.24, 2.45) is 0 Å². The van der Waals surface area contributed by atoms with Gasteiger partial charge in [-0.3, -0.25) is 19.7 Å². The summed E-state index contributed by atoms with van der Waals surface area (Å²) in [4.78, 5) is 32.5. The summed E-state index contributed by atoms with van der Waals surface area (Å²) in [6.45, 7) is 1.41. The lowest BCUT2D eigenvalue weighted by Gasteiger charge is -2.06. The second-order valence-corrected chi connectivity index (χ2v) is 3.42. The number of hydrogen-bond donors (Lipinski definition) is 2. The number of amides is 1. The number of ether oxygens (including phenoxy) is 1. The van der Waals surface area contributed by atoms with Crippen LogP contribution in [-0.4, -0.2) is 35.1 Å². The van der Waals surface area contributed by atoms with Crippen molar-refractivity contribution in [3.05, 3.63) is 33.9 Å². The molecule has 0 aliphatic heterocycles. The summed E-state index contributed by atoms with van der Waals surface area (Å²) >= 11 is 0. The third-order valence-electron chi connectivity index (χ3n) is 2.15. The third kappa shape index (κ3) is 3.66. The van der Waals surface area contributed by atoms with Gasteiger partial charge in [0.15, 0.2) is 0 Å². The highest BCUT2D eigenvalue weighted by atomic mass is 16.6. The van der Waals surface area contributed by atoms with Gasteiger partial charge in [0.2, 0.25) is 5.75 Å². The average Bonchev–Trinajstić information content (AvgIpc) is 2.36. The zero-order valence-corrected chi connectivity index (χ0v) is 10.1. The van der Waals surface area contributed by atoms with Crippen LogP contribution in [0.4, 0.5) is 5.69 Å². The fourth-order valence-electron chi connectivity index (χ4n) is 1.32. The van der Waals surface area contributed by atoms with E-state index in [2.05, 4.69) is 10.1 Å².